The van der Waals surface area contributed by atoms with Gasteiger partial charge in [0.15, 0.2) is 29.0 Å². The van der Waals surface area contributed by atoms with E-state index in [9.17, 15) is 0 Å². The van der Waals surface area contributed by atoms with Crippen molar-refractivity contribution in [1.82, 2.24) is 5.32 Å². The quantitative estimate of drug-likeness (QED) is 0.346. The first-order valence-electron chi connectivity index (χ1n) is 8.43. The molecule has 0 amide bonds. The van der Waals surface area contributed by atoms with Gasteiger partial charge < -0.3 is 30.0 Å². The molecule has 1 aliphatic heterocycles. The highest BCUT2D eigenvalue weighted by Gasteiger charge is 2.16. The minimum absolute atomic E-state index is 0. The molecule has 7 nitrogen and oxygen atoms in total. The predicted molar refractivity (Wildman–Crippen MR) is 120 cm³/mol. The van der Waals surface area contributed by atoms with Crippen LogP contribution >= 0.6 is 35.6 Å². The maximum absolute atomic E-state index is 6.23. The van der Waals surface area contributed by atoms with E-state index in [-0.39, 0.29) is 24.0 Å². The number of methoxy groups -OCH3 is 2. The van der Waals surface area contributed by atoms with Gasteiger partial charge in [-0.1, -0.05) is 17.7 Å². The van der Waals surface area contributed by atoms with E-state index >= 15 is 0 Å². The van der Waals surface area contributed by atoms with E-state index < -0.39 is 0 Å². The van der Waals surface area contributed by atoms with Crippen LogP contribution in [0.4, 0.5) is 0 Å². The number of rotatable bonds is 6. The minimum atomic E-state index is 0. The van der Waals surface area contributed by atoms with Gasteiger partial charge in [-0.05, 0) is 35.4 Å². The third kappa shape index (κ3) is 5.48. The Morgan fingerprint density at radius 3 is 2.61 bits per heavy atom. The van der Waals surface area contributed by atoms with Gasteiger partial charge in [0.05, 0.1) is 25.8 Å². The Balaban J connectivity index is 0.00000280. The Kier molecular flexibility index (Phi) is 8.31. The van der Waals surface area contributed by atoms with Crippen LogP contribution in [0.1, 0.15) is 11.1 Å². The van der Waals surface area contributed by atoms with Crippen molar-refractivity contribution >= 4 is 41.5 Å². The summed E-state index contributed by atoms with van der Waals surface area (Å²) in [5, 5.41) is 3.59. The maximum Gasteiger partial charge on any atom is 0.189 e. The molecule has 0 bridgehead atoms. The Morgan fingerprint density at radius 1 is 1.11 bits per heavy atom. The monoisotopic (exact) mass is 519 g/mol. The number of nitrogens with two attached hydrogens (primary N) is 1. The topological polar surface area (TPSA) is 87.3 Å². The number of nitrogens with zero attached hydrogens (tertiary/aromatic N) is 1. The van der Waals surface area contributed by atoms with Gasteiger partial charge in [-0.3, -0.25) is 0 Å². The second-order valence-electron chi connectivity index (χ2n) is 5.85. The molecule has 3 rings (SSSR count). The van der Waals surface area contributed by atoms with Crippen LogP contribution in [0.15, 0.2) is 35.3 Å². The number of hydrogen-bond acceptors (Lipinski definition) is 5. The molecule has 1 heterocycles. The normalized spacial score (nSPS) is 12.8. The summed E-state index contributed by atoms with van der Waals surface area (Å²) < 4.78 is 21.6. The first-order valence-corrected chi connectivity index (χ1v) is 8.81. The first-order chi connectivity index (χ1) is 13.1. The summed E-state index contributed by atoms with van der Waals surface area (Å²) in [4.78, 5) is 4.35. The Bertz CT molecular complexity index is 848. The molecule has 0 radical (unpaired) electrons. The van der Waals surface area contributed by atoms with Crippen LogP contribution in [0.2, 0.25) is 5.02 Å². The molecule has 1 aliphatic rings. The van der Waals surface area contributed by atoms with Crippen molar-refractivity contribution in [3.63, 3.8) is 0 Å². The molecular formula is C19H23ClIN3O4. The maximum atomic E-state index is 6.23. The Labute approximate surface area is 186 Å². The molecule has 2 aromatic carbocycles. The van der Waals surface area contributed by atoms with Crippen LogP contribution in [-0.2, 0) is 13.1 Å². The average molecular weight is 520 g/mol. The minimum Gasteiger partial charge on any atom is -0.493 e. The lowest BCUT2D eigenvalue weighted by molar-refractivity contribution is 0.171. The molecule has 0 saturated heterocycles. The molecule has 2 aromatic rings. The molecule has 3 N–H and O–H groups in total. The van der Waals surface area contributed by atoms with E-state index in [1.165, 1.54) is 0 Å². The lowest BCUT2D eigenvalue weighted by atomic mass is 10.2. The molecule has 0 unspecified atom stereocenters. The molecule has 0 aromatic heterocycles. The molecule has 0 saturated carbocycles. The zero-order chi connectivity index (χ0) is 19.2. The van der Waals surface area contributed by atoms with Gasteiger partial charge in [-0.15, -0.1) is 24.0 Å². The number of hydrogen-bond donors (Lipinski definition) is 2. The van der Waals surface area contributed by atoms with E-state index in [1.807, 2.05) is 24.3 Å². The van der Waals surface area contributed by atoms with Crippen molar-refractivity contribution in [2.45, 2.75) is 13.1 Å². The number of fused-ring (bicyclic) bond motifs is 1. The number of guanidine groups is 1. The molecular weight excluding hydrogens is 497 g/mol. The van der Waals surface area contributed by atoms with Gasteiger partial charge in [0, 0.05) is 6.54 Å². The van der Waals surface area contributed by atoms with Crippen LogP contribution in [0.3, 0.4) is 0 Å². The first kappa shape index (κ1) is 22.2. The summed E-state index contributed by atoms with van der Waals surface area (Å²) in [6.07, 6.45) is 0. The smallest absolute Gasteiger partial charge is 0.189 e. The molecule has 28 heavy (non-hydrogen) atoms. The van der Waals surface area contributed by atoms with Gasteiger partial charge in [-0.2, -0.15) is 0 Å². The van der Waals surface area contributed by atoms with Crippen LogP contribution in [-0.4, -0.2) is 33.4 Å². The lowest BCUT2D eigenvalue weighted by Gasteiger charge is -2.20. The third-order valence-electron chi connectivity index (χ3n) is 4.01. The van der Waals surface area contributed by atoms with E-state index in [0.29, 0.717) is 60.3 Å². The average Bonchev–Trinajstić information content (AvgIpc) is 2.70. The largest absolute Gasteiger partial charge is 0.493 e. The molecule has 0 aliphatic carbocycles. The van der Waals surface area contributed by atoms with Gasteiger partial charge in [0.2, 0.25) is 0 Å². The van der Waals surface area contributed by atoms with Gasteiger partial charge in [0.25, 0.3) is 0 Å². The fraction of sp³-hybridized carbons (Fsp3) is 0.316. The molecule has 0 atom stereocenters. The summed E-state index contributed by atoms with van der Waals surface area (Å²) in [5.41, 5.74) is 7.85. The van der Waals surface area contributed by atoms with Crippen LogP contribution in [0, 0.1) is 0 Å². The molecule has 0 fully saturated rings. The van der Waals surface area contributed by atoms with Crippen molar-refractivity contribution in [3.05, 3.63) is 46.5 Å². The summed E-state index contributed by atoms with van der Waals surface area (Å²) >= 11 is 6.23. The van der Waals surface area contributed by atoms with Gasteiger partial charge >= 0.3 is 0 Å². The predicted octanol–water partition coefficient (Wildman–Crippen LogP) is 3.35. The van der Waals surface area contributed by atoms with Crippen molar-refractivity contribution < 1.29 is 18.9 Å². The highest BCUT2D eigenvalue weighted by molar-refractivity contribution is 14.0. The highest BCUT2D eigenvalue weighted by atomic mass is 127. The van der Waals surface area contributed by atoms with Crippen LogP contribution < -0.4 is 30.0 Å². The zero-order valence-corrected chi connectivity index (χ0v) is 18.7. The third-order valence-corrected chi connectivity index (χ3v) is 4.29. The van der Waals surface area contributed by atoms with Crippen molar-refractivity contribution in [3.8, 4) is 23.0 Å². The lowest BCUT2D eigenvalue weighted by Crippen LogP contribution is -2.31. The summed E-state index contributed by atoms with van der Waals surface area (Å²) in [6.45, 7) is 1.89. The van der Waals surface area contributed by atoms with Crippen LogP contribution in [0.25, 0.3) is 0 Å². The SMILES string of the molecule is COc1ccc(CNC(N)=NCc2cc(Cl)c3c(c2)OCCO3)cc1OC.I. The van der Waals surface area contributed by atoms with Gasteiger partial charge in [0.1, 0.15) is 13.2 Å². The Morgan fingerprint density at radius 2 is 1.86 bits per heavy atom. The number of nitrogens with one attached hydrogen (secondary N) is 1. The summed E-state index contributed by atoms with van der Waals surface area (Å²) in [5.74, 6) is 2.89. The second-order valence-corrected chi connectivity index (χ2v) is 6.25. The molecule has 152 valence electrons. The summed E-state index contributed by atoms with van der Waals surface area (Å²) in [7, 11) is 3.20. The van der Waals surface area contributed by atoms with Crippen molar-refractivity contribution in [2.75, 3.05) is 27.4 Å². The van der Waals surface area contributed by atoms with Crippen molar-refractivity contribution in [2.24, 2.45) is 10.7 Å². The molecule has 0 spiro atoms. The van der Waals surface area contributed by atoms with Gasteiger partial charge in [-0.25, -0.2) is 4.99 Å². The number of aliphatic imine (C=N–C) groups is 1. The van der Waals surface area contributed by atoms with E-state index in [2.05, 4.69) is 10.3 Å². The second kappa shape index (κ2) is 10.5. The summed E-state index contributed by atoms with van der Waals surface area (Å²) in [6, 6.07) is 9.34. The fourth-order valence-electron chi connectivity index (χ4n) is 2.67. The molecule has 9 heteroatoms. The zero-order valence-electron chi connectivity index (χ0n) is 15.7. The standard InChI is InChI=1S/C19H22ClN3O4.HI/c1-24-15-4-3-12(8-16(15)25-2)10-22-19(21)23-11-13-7-14(20)18-17(9-13)26-5-6-27-18;/h3-4,7-9H,5-6,10-11H2,1-2H3,(H3,21,22,23);1H. The Hall–Kier alpha value is -2.07. The number of halogens is 2. The van der Waals surface area contributed by atoms with E-state index in [4.69, 9.17) is 36.3 Å². The number of ether oxygens (including phenoxy) is 4. The van der Waals surface area contributed by atoms with Crippen LogP contribution in [0.5, 0.6) is 23.0 Å². The fourth-order valence-corrected chi connectivity index (χ4v) is 2.96. The number of benzene rings is 2. The van der Waals surface area contributed by atoms with E-state index in [1.54, 1.807) is 20.3 Å². The highest BCUT2D eigenvalue weighted by Crippen LogP contribution is 2.38. The van der Waals surface area contributed by atoms with Crippen molar-refractivity contribution in [1.29, 1.82) is 0 Å². The van der Waals surface area contributed by atoms with E-state index in [0.717, 1.165) is 11.1 Å².